The molecule has 0 N–H and O–H groups in total. The molecule has 1 atom stereocenters. The van der Waals surface area contributed by atoms with Crippen molar-refractivity contribution < 1.29 is 4.74 Å². The van der Waals surface area contributed by atoms with Crippen LogP contribution in [0.2, 0.25) is 0 Å². The number of rotatable bonds is 2. The summed E-state index contributed by atoms with van der Waals surface area (Å²) in [5, 5.41) is 4.58. The summed E-state index contributed by atoms with van der Waals surface area (Å²) in [7, 11) is 0. The van der Waals surface area contributed by atoms with E-state index < -0.39 is 0 Å². The zero-order valence-electron chi connectivity index (χ0n) is 9.84. The van der Waals surface area contributed by atoms with Crippen LogP contribution in [0.3, 0.4) is 0 Å². The third-order valence-electron chi connectivity index (χ3n) is 3.04. The molecule has 1 saturated heterocycles. The van der Waals surface area contributed by atoms with Gasteiger partial charge in [-0.05, 0) is 31.5 Å². The molecule has 0 radical (unpaired) electrons. The summed E-state index contributed by atoms with van der Waals surface area (Å²) in [5.41, 5.74) is 2.88. The smallest absolute Gasteiger partial charge is 0.111 e. The quantitative estimate of drug-likeness (QED) is 0.792. The van der Waals surface area contributed by atoms with Crippen LogP contribution in [0, 0.1) is 6.92 Å². The van der Waals surface area contributed by atoms with Gasteiger partial charge < -0.3 is 4.74 Å². The van der Waals surface area contributed by atoms with E-state index >= 15 is 0 Å². The Kier molecular flexibility index (Phi) is 2.65. The maximum atomic E-state index is 5.37. The first-order valence-corrected chi connectivity index (χ1v) is 5.90. The SMILES string of the molecule is Cc1cccc(-c2ccn([C@H]3CCOC3)n2)n1. The Morgan fingerprint density at radius 1 is 1.29 bits per heavy atom. The Hall–Kier alpha value is -1.68. The van der Waals surface area contributed by atoms with Crippen LogP contribution in [0.5, 0.6) is 0 Å². The van der Waals surface area contributed by atoms with Gasteiger partial charge in [0.2, 0.25) is 0 Å². The zero-order chi connectivity index (χ0) is 11.7. The van der Waals surface area contributed by atoms with Crippen molar-refractivity contribution >= 4 is 0 Å². The van der Waals surface area contributed by atoms with Crippen LogP contribution in [0.25, 0.3) is 11.4 Å². The summed E-state index contributed by atoms with van der Waals surface area (Å²) in [5.74, 6) is 0. The van der Waals surface area contributed by atoms with E-state index in [0.717, 1.165) is 36.7 Å². The molecule has 0 spiro atoms. The van der Waals surface area contributed by atoms with Gasteiger partial charge in [0.1, 0.15) is 5.69 Å². The van der Waals surface area contributed by atoms with Crippen LogP contribution in [-0.4, -0.2) is 28.0 Å². The molecule has 1 aliphatic heterocycles. The number of ether oxygens (including phenoxy) is 1. The molecule has 1 aliphatic rings. The average molecular weight is 229 g/mol. The molecule has 1 fully saturated rings. The lowest BCUT2D eigenvalue weighted by atomic mass is 10.2. The summed E-state index contributed by atoms with van der Waals surface area (Å²) in [6.45, 7) is 3.59. The summed E-state index contributed by atoms with van der Waals surface area (Å²) in [6, 6.07) is 8.39. The molecule has 0 aliphatic carbocycles. The highest BCUT2D eigenvalue weighted by atomic mass is 16.5. The fraction of sp³-hybridized carbons (Fsp3) is 0.385. The minimum absolute atomic E-state index is 0.383. The van der Waals surface area contributed by atoms with Gasteiger partial charge in [0.25, 0.3) is 0 Å². The van der Waals surface area contributed by atoms with Gasteiger partial charge in [0.15, 0.2) is 0 Å². The molecule has 88 valence electrons. The molecule has 0 bridgehead atoms. The fourth-order valence-corrected chi connectivity index (χ4v) is 2.09. The predicted molar refractivity (Wildman–Crippen MR) is 64.7 cm³/mol. The van der Waals surface area contributed by atoms with E-state index in [-0.39, 0.29) is 0 Å². The molecule has 0 unspecified atom stereocenters. The Morgan fingerprint density at radius 3 is 3.00 bits per heavy atom. The summed E-state index contributed by atoms with van der Waals surface area (Å²) < 4.78 is 7.36. The van der Waals surface area contributed by atoms with Crippen LogP contribution >= 0.6 is 0 Å². The van der Waals surface area contributed by atoms with E-state index in [4.69, 9.17) is 4.74 Å². The molecular weight excluding hydrogens is 214 g/mol. The minimum atomic E-state index is 0.383. The molecule has 3 rings (SSSR count). The molecule has 4 heteroatoms. The molecule has 0 aromatic carbocycles. The highest BCUT2D eigenvalue weighted by molar-refractivity contribution is 5.53. The van der Waals surface area contributed by atoms with Crippen molar-refractivity contribution in [2.24, 2.45) is 0 Å². The van der Waals surface area contributed by atoms with Crippen molar-refractivity contribution in [3.8, 4) is 11.4 Å². The van der Waals surface area contributed by atoms with E-state index in [9.17, 15) is 0 Å². The first kappa shape index (κ1) is 10.5. The van der Waals surface area contributed by atoms with Gasteiger partial charge in [-0.15, -0.1) is 0 Å². The summed E-state index contributed by atoms with van der Waals surface area (Å²) in [4.78, 5) is 4.48. The van der Waals surface area contributed by atoms with Crippen LogP contribution in [-0.2, 0) is 4.74 Å². The number of hydrogen-bond donors (Lipinski definition) is 0. The number of hydrogen-bond acceptors (Lipinski definition) is 3. The standard InChI is InChI=1S/C13H15N3O/c1-10-3-2-4-12(14-10)13-5-7-16(15-13)11-6-8-17-9-11/h2-5,7,11H,6,8-9H2,1H3/t11-/m0/s1. The van der Waals surface area contributed by atoms with Crippen LogP contribution in [0.15, 0.2) is 30.5 Å². The van der Waals surface area contributed by atoms with Gasteiger partial charge in [0, 0.05) is 18.5 Å². The van der Waals surface area contributed by atoms with Crippen molar-refractivity contribution in [2.45, 2.75) is 19.4 Å². The lowest BCUT2D eigenvalue weighted by molar-refractivity contribution is 0.184. The molecule has 0 amide bonds. The van der Waals surface area contributed by atoms with Crippen molar-refractivity contribution in [2.75, 3.05) is 13.2 Å². The number of aromatic nitrogens is 3. The third-order valence-corrected chi connectivity index (χ3v) is 3.04. The van der Waals surface area contributed by atoms with Gasteiger partial charge in [-0.2, -0.15) is 5.10 Å². The Balaban J connectivity index is 1.89. The van der Waals surface area contributed by atoms with Gasteiger partial charge in [-0.1, -0.05) is 6.07 Å². The molecule has 0 saturated carbocycles. The Labute approximate surface area is 100 Å². The van der Waals surface area contributed by atoms with Crippen LogP contribution < -0.4 is 0 Å². The van der Waals surface area contributed by atoms with Gasteiger partial charge in [0.05, 0.1) is 18.3 Å². The van der Waals surface area contributed by atoms with Crippen molar-refractivity contribution in [3.63, 3.8) is 0 Å². The fourth-order valence-electron chi connectivity index (χ4n) is 2.09. The maximum absolute atomic E-state index is 5.37. The molecule has 4 nitrogen and oxygen atoms in total. The lowest BCUT2D eigenvalue weighted by Crippen LogP contribution is -2.09. The minimum Gasteiger partial charge on any atom is -0.379 e. The van der Waals surface area contributed by atoms with E-state index in [2.05, 4.69) is 10.1 Å². The molecule has 17 heavy (non-hydrogen) atoms. The number of nitrogens with zero attached hydrogens (tertiary/aromatic N) is 3. The topological polar surface area (TPSA) is 39.9 Å². The van der Waals surface area contributed by atoms with Crippen LogP contribution in [0.4, 0.5) is 0 Å². The van der Waals surface area contributed by atoms with Gasteiger partial charge >= 0.3 is 0 Å². The second-order valence-corrected chi connectivity index (χ2v) is 4.36. The second kappa shape index (κ2) is 4.30. The highest BCUT2D eigenvalue weighted by Gasteiger charge is 2.18. The van der Waals surface area contributed by atoms with Crippen molar-refractivity contribution in [1.29, 1.82) is 0 Å². The maximum Gasteiger partial charge on any atom is 0.111 e. The lowest BCUT2D eigenvalue weighted by Gasteiger charge is -2.07. The Morgan fingerprint density at radius 2 is 2.24 bits per heavy atom. The molecule has 3 heterocycles. The first-order chi connectivity index (χ1) is 8.33. The predicted octanol–water partition coefficient (Wildman–Crippen LogP) is 2.21. The first-order valence-electron chi connectivity index (χ1n) is 5.90. The second-order valence-electron chi connectivity index (χ2n) is 4.36. The van der Waals surface area contributed by atoms with Crippen molar-refractivity contribution in [3.05, 3.63) is 36.2 Å². The summed E-state index contributed by atoms with van der Waals surface area (Å²) >= 11 is 0. The normalized spacial score (nSPS) is 19.7. The zero-order valence-corrected chi connectivity index (χ0v) is 9.84. The molecule has 2 aromatic heterocycles. The largest absolute Gasteiger partial charge is 0.379 e. The third kappa shape index (κ3) is 2.08. The Bertz CT molecular complexity index is 515. The van der Waals surface area contributed by atoms with Gasteiger partial charge in [-0.3, -0.25) is 9.67 Å². The van der Waals surface area contributed by atoms with E-state index in [1.165, 1.54) is 0 Å². The summed E-state index contributed by atoms with van der Waals surface area (Å²) in [6.07, 6.45) is 3.06. The molecule has 2 aromatic rings. The van der Waals surface area contributed by atoms with E-state index in [0.29, 0.717) is 6.04 Å². The highest BCUT2D eigenvalue weighted by Crippen LogP contribution is 2.21. The van der Waals surface area contributed by atoms with Crippen molar-refractivity contribution in [1.82, 2.24) is 14.8 Å². The van der Waals surface area contributed by atoms with Gasteiger partial charge in [-0.25, -0.2) is 0 Å². The van der Waals surface area contributed by atoms with Crippen LogP contribution in [0.1, 0.15) is 18.2 Å². The molecular formula is C13H15N3O. The van der Waals surface area contributed by atoms with E-state index in [1.54, 1.807) is 0 Å². The number of aryl methyl sites for hydroxylation is 1. The monoisotopic (exact) mass is 229 g/mol. The van der Waals surface area contributed by atoms with E-state index in [1.807, 2.05) is 42.1 Å². The average Bonchev–Trinajstić information content (AvgIpc) is 3.00. The number of pyridine rings is 1.